The lowest BCUT2D eigenvalue weighted by Gasteiger charge is -2.36. The molecule has 0 aromatic heterocycles. The molecular formula is C33H38N4O3S. The largest absolute Gasteiger partial charge is 0.369 e. The zero-order valence-electron chi connectivity index (χ0n) is 23.7. The number of carbonyl (C=O) groups is 1. The summed E-state index contributed by atoms with van der Waals surface area (Å²) in [7, 11) is -1.80. The van der Waals surface area contributed by atoms with E-state index in [0.717, 1.165) is 87.2 Å². The highest BCUT2D eigenvalue weighted by atomic mass is 32.2. The van der Waals surface area contributed by atoms with Crippen LogP contribution in [0, 0.1) is 0 Å². The zero-order chi connectivity index (χ0) is 28.1. The predicted molar refractivity (Wildman–Crippen MR) is 162 cm³/mol. The second kappa shape index (κ2) is 10.6. The first-order valence-electron chi connectivity index (χ1n) is 15.0. The van der Waals surface area contributed by atoms with Gasteiger partial charge in [-0.05, 0) is 110 Å². The Kier molecular flexibility index (Phi) is 6.88. The van der Waals surface area contributed by atoms with Gasteiger partial charge < -0.3 is 15.1 Å². The maximum Gasteiger partial charge on any atom is 0.244 e. The highest BCUT2D eigenvalue weighted by molar-refractivity contribution is 7.89. The van der Waals surface area contributed by atoms with Crippen LogP contribution in [0.2, 0.25) is 0 Å². The highest BCUT2D eigenvalue weighted by Gasteiger charge is 2.40. The van der Waals surface area contributed by atoms with Crippen LogP contribution >= 0.6 is 0 Å². The third-order valence-corrected chi connectivity index (χ3v) is 11.4. The fraction of sp³-hybridized carbons (Fsp3) is 0.424. The van der Waals surface area contributed by atoms with Crippen molar-refractivity contribution >= 4 is 27.3 Å². The van der Waals surface area contributed by atoms with Gasteiger partial charge in [0.05, 0.1) is 4.90 Å². The number of fused-ring (bicyclic) bond motifs is 3. The molecule has 2 aliphatic heterocycles. The van der Waals surface area contributed by atoms with Crippen molar-refractivity contribution in [3.05, 3.63) is 88.0 Å². The number of nitrogens with zero attached hydrogens (tertiary/aromatic N) is 3. The summed E-state index contributed by atoms with van der Waals surface area (Å²) < 4.78 is 29.8. The average Bonchev–Trinajstić information content (AvgIpc) is 3.66. The number of sulfonamides is 1. The molecule has 4 aliphatic rings. The maximum absolute atomic E-state index is 14.2. The van der Waals surface area contributed by atoms with Crippen molar-refractivity contribution in [1.29, 1.82) is 0 Å². The first-order chi connectivity index (χ1) is 19.9. The van der Waals surface area contributed by atoms with Crippen molar-refractivity contribution in [3.8, 4) is 0 Å². The SMILES string of the molecule is CN1CCN(c2ccc(S(=O)(=O)N3Cc4ccccc4C[C@H]3C(=O)Nc3c4c(cc5c3CCC5)CCC4)cc2)CC1. The molecule has 0 bridgehead atoms. The number of piperazine rings is 1. The van der Waals surface area contributed by atoms with E-state index in [2.05, 4.69) is 28.2 Å². The van der Waals surface area contributed by atoms with Gasteiger partial charge >= 0.3 is 0 Å². The van der Waals surface area contributed by atoms with Gasteiger partial charge in [-0.3, -0.25) is 4.79 Å². The summed E-state index contributed by atoms with van der Waals surface area (Å²) in [6.45, 7) is 3.98. The van der Waals surface area contributed by atoms with Crippen LogP contribution in [0.1, 0.15) is 46.2 Å². The Bertz CT molecular complexity index is 1560. The smallest absolute Gasteiger partial charge is 0.244 e. The normalized spacial score (nSPS) is 20.9. The highest BCUT2D eigenvalue weighted by Crippen LogP contribution is 2.39. The molecular weight excluding hydrogens is 532 g/mol. The van der Waals surface area contributed by atoms with Gasteiger partial charge in [0, 0.05) is 44.1 Å². The van der Waals surface area contributed by atoms with E-state index in [1.54, 1.807) is 12.1 Å². The molecule has 0 spiro atoms. The number of hydrogen-bond donors (Lipinski definition) is 1. The number of nitrogens with one attached hydrogen (secondary N) is 1. The van der Waals surface area contributed by atoms with Crippen LogP contribution in [0.5, 0.6) is 0 Å². The van der Waals surface area contributed by atoms with Crippen molar-refractivity contribution < 1.29 is 13.2 Å². The number of hydrogen-bond acceptors (Lipinski definition) is 5. The van der Waals surface area contributed by atoms with Gasteiger partial charge in [-0.1, -0.05) is 30.3 Å². The molecule has 0 saturated carbocycles. The predicted octanol–water partition coefficient (Wildman–Crippen LogP) is 4.17. The Morgan fingerprint density at radius 2 is 1.44 bits per heavy atom. The Balaban J connectivity index is 1.20. The fourth-order valence-electron chi connectivity index (χ4n) is 7.18. The molecule has 2 heterocycles. The first-order valence-corrected chi connectivity index (χ1v) is 16.4. The van der Waals surface area contributed by atoms with Crippen molar-refractivity contribution in [3.63, 3.8) is 0 Å². The molecule has 3 aromatic rings. The number of aryl methyl sites for hydroxylation is 2. The summed E-state index contributed by atoms with van der Waals surface area (Å²) in [5.74, 6) is -0.230. The van der Waals surface area contributed by atoms with Gasteiger partial charge in [0.15, 0.2) is 0 Å². The van der Waals surface area contributed by atoms with Gasteiger partial charge in [-0.2, -0.15) is 4.31 Å². The third kappa shape index (κ3) is 4.86. The van der Waals surface area contributed by atoms with Gasteiger partial charge in [0.25, 0.3) is 0 Å². The number of anilines is 2. The Morgan fingerprint density at radius 1 is 0.805 bits per heavy atom. The molecule has 41 heavy (non-hydrogen) atoms. The van der Waals surface area contributed by atoms with E-state index < -0.39 is 16.1 Å². The molecule has 7 rings (SSSR count). The van der Waals surface area contributed by atoms with E-state index in [1.807, 2.05) is 36.4 Å². The lowest BCUT2D eigenvalue weighted by Crippen LogP contribution is -2.50. The van der Waals surface area contributed by atoms with Gasteiger partial charge in [-0.25, -0.2) is 8.42 Å². The van der Waals surface area contributed by atoms with Crippen LogP contribution in [-0.2, 0) is 53.5 Å². The number of benzene rings is 3. The standard InChI is InChI=1S/C33H38N4O3S/c1-35-16-18-36(19-17-35)27-12-14-28(15-13-27)41(39,40)37-22-26-7-3-2-6-23(26)21-31(37)33(38)34-32-29-10-4-8-24(29)20-25-9-5-11-30(25)32/h2-3,6-7,12-15,20,31H,4-5,8-11,16-19,21-22H2,1H3,(H,34,38)/t31-/m0/s1. The van der Waals surface area contributed by atoms with Gasteiger partial charge in [0.2, 0.25) is 15.9 Å². The van der Waals surface area contributed by atoms with Crippen LogP contribution in [-0.4, -0.2) is 62.8 Å². The number of carbonyl (C=O) groups excluding carboxylic acids is 1. The van der Waals surface area contributed by atoms with E-state index in [-0.39, 0.29) is 17.3 Å². The molecule has 2 aliphatic carbocycles. The molecule has 1 atom stereocenters. The van der Waals surface area contributed by atoms with Crippen LogP contribution in [0.15, 0.2) is 59.5 Å². The van der Waals surface area contributed by atoms with Crippen molar-refractivity contribution in [2.75, 3.05) is 43.4 Å². The molecule has 1 N–H and O–H groups in total. The minimum absolute atomic E-state index is 0.182. The number of likely N-dealkylation sites (N-methyl/N-ethyl adjacent to an activating group) is 1. The quantitative estimate of drug-likeness (QED) is 0.499. The topological polar surface area (TPSA) is 73.0 Å². The fourth-order valence-corrected chi connectivity index (χ4v) is 8.74. The van der Waals surface area contributed by atoms with Crippen molar-refractivity contribution in [1.82, 2.24) is 9.21 Å². The van der Waals surface area contributed by atoms with Gasteiger partial charge in [-0.15, -0.1) is 0 Å². The summed E-state index contributed by atoms with van der Waals surface area (Å²) >= 11 is 0. The van der Waals surface area contributed by atoms with Gasteiger partial charge in [0.1, 0.15) is 6.04 Å². The summed E-state index contributed by atoms with van der Waals surface area (Å²) in [4.78, 5) is 18.9. The summed E-state index contributed by atoms with van der Waals surface area (Å²) in [6, 6.07) is 16.6. The van der Waals surface area contributed by atoms with Crippen molar-refractivity contribution in [2.24, 2.45) is 0 Å². The minimum atomic E-state index is -3.92. The maximum atomic E-state index is 14.2. The van der Waals surface area contributed by atoms with Crippen LogP contribution < -0.4 is 10.2 Å². The van der Waals surface area contributed by atoms with E-state index in [1.165, 1.54) is 26.6 Å². The third-order valence-electron chi connectivity index (χ3n) is 9.54. The monoisotopic (exact) mass is 570 g/mol. The lowest BCUT2D eigenvalue weighted by molar-refractivity contribution is -0.120. The number of rotatable bonds is 5. The van der Waals surface area contributed by atoms with E-state index in [9.17, 15) is 13.2 Å². The Labute approximate surface area is 243 Å². The second-order valence-corrected chi connectivity index (χ2v) is 13.9. The summed E-state index contributed by atoms with van der Waals surface area (Å²) in [6.07, 6.45) is 6.59. The molecule has 0 unspecified atom stereocenters. The molecule has 1 saturated heterocycles. The average molecular weight is 571 g/mol. The molecule has 1 amide bonds. The first kappa shape index (κ1) is 26.7. The molecule has 7 nitrogen and oxygen atoms in total. The van der Waals surface area contributed by atoms with E-state index >= 15 is 0 Å². The summed E-state index contributed by atoms with van der Waals surface area (Å²) in [5, 5.41) is 3.30. The number of amides is 1. The van der Waals surface area contributed by atoms with Crippen molar-refractivity contribution in [2.45, 2.75) is 62.4 Å². The van der Waals surface area contributed by atoms with E-state index in [4.69, 9.17) is 0 Å². The van der Waals surface area contributed by atoms with Crippen LogP contribution in [0.3, 0.4) is 0 Å². The second-order valence-electron chi connectivity index (χ2n) is 12.0. The zero-order valence-corrected chi connectivity index (χ0v) is 24.5. The lowest BCUT2D eigenvalue weighted by atomic mass is 9.94. The van der Waals surface area contributed by atoms with Crippen LogP contribution in [0.25, 0.3) is 0 Å². The Hall–Kier alpha value is -3.20. The minimum Gasteiger partial charge on any atom is -0.369 e. The molecule has 8 heteroatoms. The molecule has 0 radical (unpaired) electrons. The van der Waals surface area contributed by atoms with E-state index in [0.29, 0.717) is 6.42 Å². The molecule has 3 aromatic carbocycles. The Morgan fingerprint density at radius 3 is 2.10 bits per heavy atom. The van der Waals surface area contributed by atoms with Crippen LogP contribution in [0.4, 0.5) is 11.4 Å². The molecule has 1 fully saturated rings. The molecule has 214 valence electrons. The summed E-state index contributed by atoms with van der Waals surface area (Å²) in [5.41, 5.74) is 9.18.